The minimum Gasteiger partial charge on any atom is -0.507 e. The van der Waals surface area contributed by atoms with Gasteiger partial charge in [-0.1, -0.05) is 47.5 Å². The van der Waals surface area contributed by atoms with Crippen LogP contribution in [0, 0.1) is 6.92 Å². The van der Waals surface area contributed by atoms with E-state index in [-0.39, 0.29) is 27.6 Å². The lowest BCUT2D eigenvalue weighted by atomic mass is 9.94. The van der Waals surface area contributed by atoms with Crippen LogP contribution < -0.4 is 14.4 Å². The lowest BCUT2D eigenvalue weighted by Gasteiger charge is -2.26. The van der Waals surface area contributed by atoms with Gasteiger partial charge in [0.05, 0.1) is 24.3 Å². The summed E-state index contributed by atoms with van der Waals surface area (Å²) < 4.78 is 47.7. The van der Waals surface area contributed by atoms with Crippen LogP contribution in [0.5, 0.6) is 11.5 Å². The van der Waals surface area contributed by atoms with Crippen LogP contribution in [0.4, 0.5) is 18.9 Å². The molecule has 6 nitrogen and oxygen atoms in total. The molecule has 10 heteroatoms. The highest BCUT2D eigenvalue weighted by Gasteiger charge is 2.47. The van der Waals surface area contributed by atoms with Gasteiger partial charge in [-0.15, -0.1) is 13.2 Å². The first-order chi connectivity index (χ1) is 17.0. The molecule has 1 heterocycles. The van der Waals surface area contributed by atoms with E-state index in [9.17, 15) is 27.9 Å². The number of ketones is 1. The molecule has 1 fully saturated rings. The zero-order valence-electron chi connectivity index (χ0n) is 19.0. The molecule has 3 aromatic rings. The van der Waals surface area contributed by atoms with Crippen LogP contribution in [0.2, 0.25) is 5.02 Å². The number of aliphatic hydroxyl groups excluding tert-OH is 1. The van der Waals surface area contributed by atoms with Crippen molar-refractivity contribution in [2.45, 2.75) is 19.3 Å². The molecule has 1 amide bonds. The third-order valence-electron chi connectivity index (χ3n) is 5.55. The maximum Gasteiger partial charge on any atom is 0.573 e. The number of aliphatic hydroxyl groups is 1. The number of methoxy groups -OCH3 is 1. The van der Waals surface area contributed by atoms with Crippen molar-refractivity contribution in [3.63, 3.8) is 0 Å². The van der Waals surface area contributed by atoms with Crippen molar-refractivity contribution >= 4 is 34.7 Å². The van der Waals surface area contributed by atoms with E-state index in [1.54, 1.807) is 31.2 Å². The van der Waals surface area contributed by atoms with Gasteiger partial charge in [-0.25, -0.2) is 0 Å². The average Bonchev–Trinajstić information content (AvgIpc) is 3.08. The Balaban J connectivity index is 1.95. The third-order valence-corrected chi connectivity index (χ3v) is 5.78. The number of ether oxygens (including phenoxy) is 2. The van der Waals surface area contributed by atoms with Crippen molar-refractivity contribution in [1.29, 1.82) is 0 Å². The maximum atomic E-state index is 13.3. The van der Waals surface area contributed by atoms with Crippen molar-refractivity contribution < 1.29 is 37.3 Å². The van der Waals surface area contributed by atoms with Gasteiger partial charge in [0, 0.05) is 16.8 Å². The largest absolute Gasteiger partial charge is 0.573 e. The molecule has 1 N–H and O–H groups in total. The number of rotatable bonds is 5. The molecule has 4 rings (SSSR count). The average molecular weight is 518 g/mol. The van der Waals surface area contributed by atoms with Gasteiger partial charge in [-0.2, -0.15) is 0 Å². The van der Waals surface area contributed by atoms with Crippen molar-refractivity contribution in [3.8, 4) is 11.5 Å². The molecule has 186 valence electrons. The number of carbonyl (C=O) groups is 2. The molecule has 1 saturated heterocycles. The summed E-state index contributed by atoms with van der Waals surface area (Å²) in [6, 6.07) is 14.8. The van der Waals surface area contributed by atoms with E-state index in [2.05, 4.69) is 4.74 Å². The topological polar surface area (TPSA) is 76.1 Å². The third kappa shape index (κ3) is 4.87. The Morgan fingerprint density at radius 2 is 1.75 bits per heavy atom. The molecule has 0 bridgehead atoms. The molecular weight excluding hydrogens is 499 g/mol. The highest BCUT2D eigenvalue weighted by Crippen LogP contribution is 2.44. The van der Waals surface area contributed by atoms with Crippen LogP contribution >= 0.6 is 11.6 Å². The molecule has 0 spiro atoms. The number of nitrogens with zero attached hydrogens (tertiary/aromatic N) is 1. The Morgan fingerprint density at radius 3 is 2.42 bits per heavy atom. The van der Waals surface area contributed by atoms with Gasteiger partial charge >= 0.3 is 6.36 Å². The number of benzene rings is 3. The van der Waals surface area contributed by atoms with E-state index in [0.717, 1.165) is 22.6 Å². The molecule has 36 heavy (non-hydrogen) atoms. The Bertz CT molecular complexity index is 1390. The van der Waals surface area contributed by atoms with Gasteiger partial charge in [0.15, 0.2) is 0 Å². The molecule has 0 radical (unpaired) electrons. The first-order valence-electron chi connectivity index (χ1n) is 10.6. The summed E-state index contributed by atoms with van der Waals surface area (Å²) in [6.45, 7) is 1.80. The van der Waals surface area contributed by atoms with Gasteiger partial charge in [0.1, 0.15) is 17.3 Å². The highest BCUT2D eigenvalue weighted by molar-refractivity contribution is 6.51. The second-order valence-corrected chi connectivity index (χ2v) is 8.41. The fourth-order valence-electron chi connectivity index (χ4n) is 4.10. The van der Waals surface area contributed by atoms with Crippen LogP contribution in [0.25, 0.3) is 5.76 Å². The molecule has 1 aliphatic heterocycles. The monoisotopic (exact) mass is 517 g/mol. The van der Waals surface area contributed by atoms with Crippen LogP contribution in [0.3, 0.4) is 0 Å². The number of alkyl halides is 3. The van der Waals surface area contributed by atoms with Gasteiger partial charge in [0.25, 0.3) is 11.7 Å². The molecule has 3 aromatic carbocycles. The predicted molar refractivity (Wildman–Crippen MR) is 127 cm³/mol. The Hall–Kier alpha value is -3.98. The van der Waals surface area contributed by atoms with Gasteiger partial charge in [-0.05, 0) is 42.8 Å². The molecule has 0 aromatic heterocycles. The predicted octanol–water partition coefficient (Wildman–Crippen LogP) is 6.18. The molecule has 1 atom stereocenters. The Morgan fingerprint density at radius 1 is 1.03 bits per heavy atom. The number of amides is 1. The number of hydrogen-bond donors (Lipinski definition) is 1. The van der Waals surface area contributed by atoms with Gasteiger partial charge in [-0.3, -0.25) is 14.5 Å². The summed E-state index contributed by atoms with van der Waals surface area (Å²) in [7, 11) is 1.36. The zero-order chi connectivity index (χ0) is 26.2. The number of hydrogen-bond acceptors (Lipinski definition) is 5. The van der Waals surface area contributed by atoms with Crippen LogP contribution in [0.15, 0.2) is 72.3 Å². The summed E-state index contributed by atoms with van der Waals surface area (Å²) in [5.74, 6) is -2.96. The van der Waals surface area contributed by atoms with Crippen molar-refractivity contribution in [3.05, 3.63) is 94.0 Å². The quantitative estimate of drug-likeness (QED) is 0.248. The Labute approximate surface area is 209 Å². The van der Waals surface area contributed by atoms with E-state index < -0.39 is 35.6 Å². The second-order valence-electron chi connectivity index (χ2n) is 7.97. The second kappa shape index (κ2) is 9.58. The summed E-state index contributed by atoms with van der Waals surface area (Å²) in [5, 5.41) is 11.5. The minimum absolute atomic E-state index is 0.0255. The van der Waals surface area contributed by atoms with Gasteiger partial charge in [0.2, 0.25) is 0 Å². The normalized spacial score (nSPS) is 17.4. The van der Waals surface area contributed by atoms with E-state index in [1.807, 2.05) is 0 Å². The van der Waals surface area contributed by atoms with E-state index in [0.29, 0.717) is 5.56 Å². The van der Waals surface area contributed by atoms with E-state index in [1.165, 1.54) is 37.4 Å². The molecule has 0 aliphatic carbocycles. The van der Waals surface area contributed by atoms with Crippen molar-refractivity contribution in [1.82, 2.24) is 0 Å². The number of carbonyl (C=O) groups excluding carboxylic acids is 2. The molecule has 1 unspecified atom stereocenters. The number of anilines is 1. The van der Waals surface area contributed by atoms with Crippen molar-refractivity contribution in [2.24, 2.45) is 0 Å². The minimum atomic E-state index is -4.95. The SMILES string of the molecule is COc1ccc(Cl)cc1/C(O)=C1\C(=O)C(=O)N(c2cccc(OC(F)(F)F)c2)C1c1cccc(C)c1. The molecule has 0 saturated carbocycles. The zero-order valence-corrected chi connectivity index (χ0v) is 19.7. The summed E-state index contributed by atoms with van der Waals surface area (Å²) >= 11 is 6.10. The van der Waals surface area contributed by atoms with Crippen molar-refractivity contribution in [2.75, 3.05) is 12.0 Å². The molecule has 1 aliphatic rings. The van der Waals surface area contributed by atoms with Gasteiger partial charge < -0.3 is 14.6 Å². The van der Waals surface area contributed by atoms with Crippen LogP contribution in [-0.4, -0.2) is 30.3 Å². The highest BCUT2D eigenvalue weighted by atomic mass is 35.5. The summed E-state index contributed by atoms with van der Waals surface area (Å²) in [4.78, 5) is 27.6. The number of aryl methyl sites for hydroxylation is 1. The fraction of sp³-hybridized carbons (Fsp3) is 0.154. The lowest BCUT2D eigenvalue weighted by Crippen LogP contribution is -2.29. The summed E-state index contributed by atoms with van der Waals surface area (Å²) in [6.07, 6.45) is -4.95. The number of halogens is 4. The summed E-state index contributed by atoms with van der Waals surface area (Å²) in [5.41, 5.74) is 1.04. The lowest BCUT2D eigenvalue weighted by molar-refractivity contribution is -0.274. The Kier molecular flexibility index (Phi) is 6.69. The molecular formula is C26H19ClF3NO5. The van der Waals surface area contributed by atoms with E-state index in [4.69, 9.17) is 16.3 Å². The van der Waals surface area contributed by atoms with Crippen LogP contribution in [-0.2, 0) is 9.59 Å². The number of Topliss-reactive ketones (excluding diaryl/α,β-unsaturated/α-hetero) is 1. The smallest absolute Gasteiger partial charge is 0.507 e. The standard InChI is InChI=1S/C26H19ClF3NO5/c1-14-5-3-6-15(11-14)22-21(23(32)19-12-16(27)9-10-20(19)35-2)24(33)25(34)31(22)17-7-4-8-18(13-17)36-26(28,29)30/h3-13,22,32H,1-2H3/b23-21+. The first kappa shape index (κ1) is 25.1. The fourth-order valence-corrected chi connectivity index (χ4v) is 4.27. The van der Waals surface area contributed by atoms with Crippen LogP contribution in [0.1, 0.15) is 22.7 Å². The first-order valence-corrected chi connectivity index (χ1v) is 10.9. The maximum absolute atomic E-state index is 13.3. The van der Waals surface area contributed by atoms with E-state index >= 15 is 0 Å².